The van der Waals surface area contributed by atoms with Crippen molar-refractivity contribution in [3.63, 3.8) is 0 Å². The first kappa shape index (κ1) is 14.0. The first-order valence-electron chi connectivity index (χ1n) is 6.19. The van der Waals surface area contributed by atoms with Crippen LogP contribution in [0, 0.1) is 11.3 Å². The third-order valence-corrected chi connectivity index (χ3v) is 2.83. The molecular weight excluding hydrogens is 224 g/mol. The van der Waals surface area contributed by atoms with Gasteiger partial charge in [0.25, 0.3) is 0 Å². The van der Waals surface area contributed by atoms with Gasteiger partial charge in [0, 0.05) is 12.1 Å². The lowest BCUT2D eigenvalue weighted by atomic mass is 10.1. The van der Waals surface area contributed by atoms with Crippen molar-refractivity contribution in [1.29, 1.82) is 5.26 Å². The topological polar surface area (TPSA) is 52.9 Å². The van der Waals surface area contributed by atoms with E-state index in [1.807, 2.05) is 26.0 Å². The summed E-state index contributed by atoms with van der Waals surface area (Å²) in [5.41, 5.74) is 1.34. The Morgan fingerprint density at radius 1 is 1.39 bits per heavy atom. The first-order chi connectivity index (χ1) is 8.71. The maximum absolute atomic E-state index is 11.7. The Kier molecular flexibility index (Phi) is 5.66. The monoisotopic (exact) mass is 242 g/mol. The number of carbonyl (C=O) groups excluding carboxylic acids is 1. The molecule has 3 heteroatoms. The maximum atomic E-state index is 11.7. The number of rotatable bonds is 5. The summed E-state index contributed by atoms with van der Waals surface area (Å²) in [4.78, 5) is 11.7. The van der Waals surface area contributed by atoms with Crippen LogP contribution in [0.15, 0.2) is 30.3 Å². The smallest absolute Gasteiger partial charge is 0.244 e. The van der Waals surface area contributed by atoms with Gasteiger partial charge in [0.15, 0.2) is 0 Å². The normalized spacial score (nSPS) is 10.6. The lowest BCUT2D eigenvalue weighted by Crippen LogP contribution is -2.32. The highest BCUT2D eigenvalue weighted by Crippen LogP contribution is 2.09. The van der Waals surface area contributed by atoms with E-state index in [9.17, 15) is 4.79 Å². The Labute approximate surface area is 108 Å². The van der Waals surface area contributed by atoms with Crippen LogP contribution in [0.1, 0.15) is 37.8 Å². The summed E-state index contributed by atoms with van der Waals surface area (Å²) in [6, 6.07) is 9.52. The predicted octanol–water partition coefficient (Wildman–Crippen LogP) is 2.88. The van der Waals surface area contributed by atoms with Gasteiger partial charge in [-0.15, -0.1) is 0 Å². The van der Waals surface area contributed by atoms with Gasteiger partial charge < -0.3 is 5.32 Å². The van der Waals surface area contributed by atoms with Crippen molar-refractivity contribution in [3.8, 4) is 6.07 Å². The zero-order valence-electron chi connectivity index (χ0n) is 10.8. The fourth-order valence-corrected chi connectivity index (χ4v) is 1.65. The number of nitrogens with zero attached hydrogens (tertiary/aromatic N) is 1. The lowest BCUT2D eigenvalue weighted by molar-refractivity contribution is -0.117. The summed E-state index contributed by atoms with van der Waals surface area (Å²) in [6.07, 6.45) is 5.00. The van der Waals surface area contributed by atoms with E-state index in [0.29, 0.717) is 5.56 Å². The summed E-state index contributed by atoms with van der Waals surface area (Å²) in [5, 5.41) is 11.8. The minimum Gasteiger partial charge on any atom is -0.350 e. The molecule has 1 N–H and O–H groups in total. The van der Waals surface area contributed by atoms with Crippen LogP contribution in [0.5, 0.6) is 0 Å². The van der Waals surface area contributed by atoms with E-state index in [0.717, 1.165) is 18.4 Å². The van der Waals surface area contributed by atoms with Gasteiger partial charge in [-0.2, -0.15) is 5.26 Å². The van der Waals surface area contributed by atoms with Crippen LogP contribution < -0.4 is 5.32 Å². The molecule has 0 aliphatic carbocycles. The largest absolute Gasteiger partial charge is 0.350 e. The van der Waals surface area contributed by atoms with Crippen LogP contribution in [0.25, 0.3) is 6.08 Å². The molecule has 0 radical (unpaired) electrons. The molecule has 0 aromatic heterocycles. The van der Waals surface area contributed by atoms with Crippen molar-refractivity contribution in [1.82, 2.24) is 5.32 Å². The standard InChI is InChI=1S/C15H18N2O/c1-3-14(4-2)17-15(18)10-9-12-7-5-6-8-13(12)11-16/h5-10,14H,3-4H2,1-2H3,(H,17,18)/b10-9+. The second kappa shape index (κ2) is 7.29. The van der Waals surface area contributed by atoms with Crippen LogP contribution in [0.4, 0.5) is 0 Å². The summed E-state index contributed by atoms with van der Waals surface area (Å²) in [5.74, 6) is -0.114. The molecule has 0 aliphatic rings. The summed E-state index contributed by atoms with van der Waals surface area (Å²) in [6.45, 7) is 4.09. The highest BCUT2D eigenvalue weighted by atomic mass is 16.1. The summed E-state index contributed by atoms with van der Waals surface area (Å²) >= 11 is 0. The van der Waals surface area contributed by atoms with E-state index >= 15 is 0 Å². The number of nitrogens with one attached hydrogen (secondary N) is 1. The van der Waals surface area contributed by atoms with Crippen molar-refractivity contribution in [3.05, 3.63) is 41.5 Å². The molecule has 0 aliphatic heterocycles. The van der Waals surface area contributed by atoms with Crippen molar-refractivity contribution in [2.24, 2.45) is 0 Å². The Balaban J connectivity index is 2.69. The van der Waals surface area contributed by atoms with Crippen molar-refractivity contribution in [2.75, 3.05) is 0 Å². The van der Waals surface area contributed by atoms with Gasteiger partial charge in [-0.25, -0.2) is 0 Å². The molecule has 3 nitrogen and oxygen atoms in total. The highest BCUT2D eigenvalue weighted by molar-refractivity contribution is 5.92. The van der Waals surface area contributed by atoms with E-state index < -0.39 is 0 Å². The van der Waals surface area contributed by atoms with E-state index in [-0.39, 0.29) is 11.9 Å². The minimum atomic E-state index is -0.114. The zero-order valence-corrected chi connectivity index (χ0v) is 10.8. The summed E-state index contributed by atoms with van der Waals surface area (Å²) < 4.78 is 0. The van der Waals surface area contributed by atoms with Gasteiger partial charge in [0.1, 0.15) is 0 Å². The zero-order chi connectivity index (χ0) is 13.4. The second-order valence-electron chi connectivity index (χ2n) is 4.05. The van der Waals surface area contributed by atoms with Gasteiger partial charge >= 0.3 is 0 Å². The SMILES string of the molecule is CCC(CC)NC(=O)/C=C/c1ccccc1C#N. The fourth-order valence-electron chi connectivity index (χ4n) is 1.65. The number of amides is 1. The molecule has 0 saturated heterocycles. The van der Waals surface area contributed by atoms with E-state index in [1.54, 1.807) is 18.2 Å². The molecule has 0 heterocycles. The molecule has 1 amide bonds. The number of hydrogen-bond donors (Lipinski definition) is 1. The Bertz CT molecular complexity index is 468. The number of hydrogen-bond acceptors (Lipinski definition) is 2. The average Bonchev–Trinajstić information content (AvgIpc) is 2.42. The molecule has 1 aromatic carbocycles. The second-order valence-corrected chi connectivity index (χ2v) is 4.05. The number of nitriles is 1. The lowest BCUT2D eigenvalue weighted by Gasteiger charge is -2.12. The molecule has 0 spiro atoms. The quantitative estimate of drug-likeness (QED) is 0.807. The minimum absolute atomic E-state index is 0.114. The Morgan fingerprint density at radius 3 is 2.67 bits per heavy atom. The van der Waals surface area contributed by atoms with Crippen molar-refractivity contribution < 1.29 is 4.79 Å². The third kappa shape index (κ3) is 4.06. The molecule has 94 valence electrons. The highest BCUT2D eigenvalue weighted by Gasteiger charge is 2.05. The van der Waals surface area contributed by atoms with E-state index in [2.05, 4.69) is 11.4 Å². The molecule has 0 bridgehead atoms. The molecule has 1 aromatic rings. The molecule has 0 unspecified atom stereocenters. The van der Waals surface area contributed by atoms with Crippen LogP contribution in [-0.4, -0.2) is 11.9 Å². The first-order valence-corrected chi connectivity index (χ1v) is 6.19. The van der Waals surface area contributed by atoms with Gasteiger partial charge in [-0.05, 0) is 30.5 Å². The van der Waals surface area contributed by atoms with Gasteiger partial charge in [0.05, 0.1) is 11.6 Å². The predicted molar refractivity (Wildman–Crippen MR) is 72.7 cm³/mol. The summed E-state index contributed by atoms with van der Waals surface area (Å²) in [7, 11) is 0. The maximum Gasteiger partial charge on any atom is 0.244 e. The van der Waals surface area contributed by atoms with Crippen LogP contribution in [-0.2, 0) is 4.79 Å². The van der Waals surface area contributed by atoms with Gasteiger partial charge in [-0.1, -0.05) is 32.0 Å². The molecule has 18 heavy (non-hydrogen) atoms. The number of benzene rings is 1. The molecule has 1 rings (SSSR count). The van der Waals surface area contributed by atoms with Crippen molar-refractivity contribution in [2.45, 2.75) is 32.7 Å². The van der Waals surface area contributed by atoms with E-state index in [1.165, 1.54) is 6.08 Å². The van der Waals surface area contributed by atoms with Crippen LogP contribution >= 0.6 is 0 Å². The van der Waals surface area contributed by atoms with Gasteiger partial charge in [-0.3, -0.25) is 4.79 Å². The van der Waals surface area contributed by atoms with Crippen molar-refractivity contribution >= 4 is 12.0 Å². The van der Waals surface area contributed by atoms with Crippen LogP contribution in [0.2, 0.25) is 0 Å². The molecule has 0 saturated carbocycles. The van der Waals surface area contributed by atoms with Crippen LogP contribution in [0.3, 0.4) is 0 Å². The van der Waals surface area contributed by atoms with Gasteiger partial charge in [0.2, 0.25) is 5.91 Å². The molecule has 0 fully saturated rings. The Hall–Kier alpha value is -2.08. The molecular formula is C15H18N2O. The Morgan fingerprint density at radius 2 is 2.06 bits per heavy atom. The average molecular weight is 242 g/mol. The number of carbonyl (C=O) groups is 1. The third-order valence-electron chi connectivity index (χ3n) is 2.83. The molecule has 0 atom stereocenters. The van der Waals surface area contributed by atoms with E-state index in [4.69, 9.17) is 5.26 Å². The fraction of sp³-hybridized carbons (Fsp3) is 0.333.